The second-order valence-corrected chi connectivity index (χ2v) is 10.2. The lowest BCUT2D eigenvalue weighted by molar-refractivity contribution is -0.891. The van der Waals surface area contributed by atoms with Crippen molar-refractivity contribution >= 4 is 12.6 Å². The first-order valence-corrected chi connectivity index (χ1v) is 14.5. The molecule has 6 heteroatoms. The summed E-state index contributed by atoms with van der Waals surface area (Å²) in [7, 11) is 4.59. The number of hydrogen-bond donors (Lipinski definition) is 1. The maximum Gasteiger partial charge on any atom is 0.102 e. The topological polar surface area (TPSA) is 36.9 Å². The van der Waals surface area contributed by atoms with Crippen LogP contribution in [0.3, 0.4) is 0 Å². The minimum Gasteiger partial charge on any atom is -0.379 e. The first-order valence-electron chi connectivity index (χ1n) is 13.9. The van der Waals surface area contributed by atoms with Crippen LogP contribution in [0.2, 0.25) is 0 Å². The van der Waals surface area contributed by atoms with Crippen molar-refractivity contribution in [1.82, 2.24) is 0 Å². The molecule has 0 aromatic rings. The van der Waals surface area contributed by atoms with Crippen LogP contribution >= 0.6 is 12.6 Å². The largest absolute Gasteiger partial charge is 0.379 e. The first-order chi connectivity index (χ1) is 16.1. The molecule has 0 atom stereocenters. The van der Waals surface area contributed by atoms with Crippen LogP contribution in [-0.2, 0) is 18.9 Å². The van der Waals surface area contributed by atoms with Crippen molar-refractivity contribution in [2.45, 2.75) is 90.4 Å². The molecule has 0 aromatic carbocycles. The van der Waals surface area contributed by atoms with Gasteiger partial charge in [-0.25, -0.2) is 0 Å². The minimum atomic E-state index is 0.622. The fourth-order valence-corrected chi connectivity index (χ4v) is 3.93. The Morgan fingerprint density at radius 1 is 0.455 bits per heavy atom. The second kappa shape index (κ2) is 26.7. The SMILES string of the molecule is CCCCCC[N+](C)(C)CCOCCOCCOCCOCCCCCCCCCCCS. The van der Waals surface area contributed by atoms with E-state index in [1.807, 2.05) is 0 Å². The van der Waals surface area contributed by atoms with E-state index in [4.69, 9.17) is 18.9 Å². The predicted molar refractivity (Wildman–Crippen MR) is 145 cm³/mol. The molecule has 0 rings (SSSR count). The summed E-state index contributed by atoms with van der Waals surface area (Å²) in [6, 6.07) is 0. The molecule has 0 saturated heterocycles. The Labute approximate surface area is 212 Å². The zero-order valence-electron chi connectivity index (χ0n) is 22.5. The van der Waals surface area contributed by atoms with Crippen LogP contribution in [0.1, 0.15) is 90.4 Å². The molecule has 0 bridgehead atoms. The van der Waals surface area contributed by atoms with Gasteiger partial charge in [-0.1, -0.05) is 64.7 Å². The van der Waals surface area contributed by atoms with E-state index in [2.05, 4.69) is 33.6 Å². The molecule has 0 unspecified atom stereocenters. The summed E-state index contributed by atoms with van der Waals surface area (Å²) in [4.78, 5) is 0. The van der Waals surface area contributed by atoms with E-state index in [0.717, 1.165) is 36.4 Å². The summed E-state index contributed by atoms with van der Waals surface area (Å²) < 4.78 is 23.6. The summed E-state index contributed by atoms with van der Waals surface area (Å²) in [5, 5.41) is 0. The summed E-state index contributed by atoms with van der Waals surface area (Å²) >= 11 is 4.25. The average Bonchev–Trinajstić information content (AvgIpc) is 2.80. The highest BCUT2D eigenvalue weighted by atomic mass is 32.1. The van der Waals surface area contributed by atoms with Crippen LogP contribution in [0, 0.1) is 0 Å². The van der Waals surface area contributed by atoms with Gasteiger partial charge in [-0.2, -0.15) is 12.6 Å². The van der Waals surface area contributed by atoms with Crippen LogP contribution in [0.5, 0.6) is 0 Å². The smallest absolute Gasteiger partial charge is 0.102 e. The quantitative estimate of drug-likeness (QED) is 0.0807. The lowest BCUT2D eigenvalue weighted by atomic mass is 10.1. The Kier molecular flexibility index (Phi) is 26.9. The summed E-state index contributed by atoms with van der Waals surface area (Å²) in [6.45, 7) is 10.1. The van der Waals surface area contributed by atoms with E-state index in [-0.39, 0.29) is 0 Å². The van der Waals surface area contributed by atoms with Crippen molar-refractivity contribution in [2.75, 3.05) is 85.8 Å². The Morgan fingerprint density at radius 3 is 1.39 bits per heavy atom. The van der Waals surface area contributed by atoms with Crippen LogP contribution in [0.4, 0.5) is 0 Å². The zero-order chi connectivity index (χ0) is 24.3. The molecule has 0 aliphatic carbocycles. The van der Waals surface area contributed by atoms with Gasteiger partial charge in [0.15, 0.2) is 0 Å². The number of nitrogens with zero attached hydrogens (tertiary/aromatic N) is 1. The van der Waals surface area contributed by atoms with Gasteiger partial charge in [0.25, 0.3) is 0 Å². The van der Waals surface area contributed by atoms with Gasteiger partial charge in [-0.05, 0) is 31.4 Å². The minimum absolute atomic E-state index is 0.622. The fraction of sp³-hybridized carbons (Fsp3) is 1.00. The lowest BCUT2D eigenvalue weighted by Gasteiger charge is -2.29. The Morgan fingerprint density at radius 2 is 0.879 bits per heavy atom. The van der Waals surface area contributed by atoms with Gasteiger partial charge >= 0.3 is 0 Å². The molecule has 0 N–H and O–H groups in total. The van der Waals surface area contributed by atoms with Crippen molar-refractivity contribution in [3.8, 4) is 0 Å². The number of hydrogen-bond acceptors (Lipinski definition) is 5. The third-order valence-corrected chi connectivity index (χ3v) is 6.34. The normalized spacial score (nSPS) is 12.0. The molecule has 0 aromatic heterocycles. The molecule has 0 fully saturated rings. The molecular weight excluding hydrogens is 434 g/mol. The van der Waals surface area contributed by atoms with E-state index in [9.17, 15) is 0 Å². The van der Waals surface area contributed by atoms with Gasteiger partial charge in [-0.3, -0.25) is 0 Å². The molecule has 0 amide bonds. The van der Waals surface area contributed by atoms with E-state index >= 15 is 0 Å². The Balaban J connectivity index is 3.15. The van der Waals surface area contributed by atoms with Gasteiger partial charge in [0, 0.05) is 6.61 Å². The van der Waals surface area contributed by atoms with Gasteiger partial charge < -0.3 is 23.4 Å². The maximum atomic E-state index is 5.73. The van der Waals surface area contributed by atoms with Crippen molar-refractivity contribution < 1.29 is 23.4 Å². The molecule has 200 valence electrons. The van der Waals surface area contributed by atoms with Crippen LogP contribution < -0.4 is 0 Å². The number of rotatable bonds is 28. The summed E-state index contributed by atoms with van der Waals surface area (Å²) in [6.07, 6.45) is 17.2. The molecule has 0 aliphatic heterocycles. The molecule has 5 nitrogen and oxygen atoms in total. The lowest BCUT2D eigenvalue weighted by Crippen LogP contribution is -2.43. The zero-order valence-corrected chi connectivity index (χ0v) is 23.4. The third-order valence-electron chi connectivity index (χ3n) is 6.02. The highest BCUT2D eigenvalue weighted by Crippen LogP contribution is 2.10. The predicted octanol–water partition coefficient (Wildman–Crippen LogP) is 6.15. The monoisotopic (exact) mass is 492 g/mol. The van der Waals surface area contributed by atoms with Gasteiger partial charge in [0.2, 0.25) is 0 Å². The highest BCUT2D eigenvalue weighted by molar-refractivity contribution is 7.80. The Hall–Kier alpha value is 0.150. The molecule has 0 saturated carbocycles. The summed E-state index contributed by atoms with van der Waals surface area (Å²) in [5.74, 6) is 1.03. The van der Waals surface area contributed by atoms with E-state index in [1.165, 1.54) is 83.6 Å². The van der Waals surface area contributed by atoms with Gasteiger partial charge in [-0.15, -0.1) is 0 Å². The maximum absolute atomic E-state index is 5.73. The van der Waals surface area contributed by atoms with Crippen molar-refractivity contribution in [3.05, 3.63) is 0 Å². The molecule has 0 radical (unpaired) electrons. The van der Waals surface area contributed by atoms with Gasteiger partial charge in [0.1, 0.15) is 6.54 Å². The molecular formula is C27H58NO4S+. The van der Waals surface area contributed by atoms with E-state index in [0.29, 0.717) is 39.6 Å². The number of quaternary nitrogens is 1. The molecule has 33 heavy (non-hydrogen) atoms. The van der Waals surface area contributed by atoms with E-state index in [1.54, 1.807) is 0 Å². The van der Waals surface area contributed by atoms with Crippen LogP contribution in [-0.4, -0.2) is 90.3 Å². The number of unbranched alkanes of at least 4 members (excludes halogenated alkanes) is 11. The van der Waals surface area contributed by atoms with Crippen LogP contribution in [0.15, 0.2) is 0 Å². The van der Waals surface area contributed by atoms with Crippen molar-refractivity contribution in [1.29, 1.82) is 0 Å². The molecule has 0 heterocycles. The van der Waals surface area contributed by atoms with E-state index < -0.39 is 0 Å². The first kappa shape index (κ1) is 33.1. The summed E-state index contributed by atoms with van der Waals surface area (Å²) in [5.41, 5.74) is 0. The number of ether oxygens (including phenoxy) is 4. The molecule has 0 aliphatic rings. The second-order valence-electron chi connectivity index (χ2n) is 9.80. The standard InChI is InChI=1S/C27H57NO4S/c1-4-5-6-14-17-28(2,3)18-20-30-22-24-32-26-25-31-23-21-29-19-15-12-10-8-7-9-11-13-16-27-33/h4-27H2,1-3H3/p+1. The third kappa shape index (κ3) is 28.3. The number of likely N-dealkylation sites (N-methyl/N-ethyl adjacent to an activating group) is 1. The fourth-order valence-electron chi connectivity index (χ4n) is 3.71. The Bertz CT molecular complexity index is 372. The molecule has 0 spiro atoms. The van der Waals surface area contributed by atoms with Gasteiger partial charge in [0.05, 0.1) is 66.9 Å². The number of thiol groups is 1. The van der Waals surface area contributed by atoms with Crippen LogP contribution in [0.25, 0.3) is 0 Å². The van der Waals surface area contributed by atoms with Crippen molar-refractivity contribution in [3.63, 3.8) is 0 Å². The van der Waals surface area contributed by atoms with Crippen molar-refractivity contribution in [2.24, 2.45) is 0 Å². The highest BCUT2D eigenvalue weighted by Gasteiger charge is 2.13. The average molecular weight is 493 g/mol.